The lowest BCUT2D eigenvalue weighted by atomic mass is 10.0. The molecule has 0 saturated carbocycles. The number of guanidine groups is 1. The second-order valence-corrected chi connectivity index (χ2v) is 4.10. The third kappa shape index (κ3) is 10.7. The number of rotatable bonds is 7. The molecule has 0 fully saturated rings. The van der Waals surface area contributed by atoms with Gasteiger partial charge in [0.05, 0.1) is 0 Å². The molecule has 0 heterocycles. The van der Waals surface area contributed by atoms with Gasteiger partial charge in [0.15, 0.2) is 6.19 Å². The van der Waals surface area contributed by atoms with Crippen LogP contribution in [0.15, 0.2) is 4.99 Å². The minimum atomic E-state index is 0.222. The second kappa shape index (κ2) is 9.32. The van der Waals surface area contributed by atoms with Crippen molar-refractivity contribution in [2.75, 3.05) is 6.54 Å². The van der Waals surface area contributed by atoms with Crippen molar-refractivity contribution in [2.24, 2.45) is 16.6 Å². The van der Waals surface area contributed by atoms with Crippen LogP contribution in [0.1, 0.15) is 46.0 Å². The molecule has 0 rings (SSSR count). The van der Waals surface area contributed by atoms with Crippen molar-refractivity contribution in [1.29, 1.82) is 5.26 Å². The van der Waals surface area contributed by atoms with Crippen LogP contribution >= 0.6 is 0 Å². The molecule has 0 spiro atoms. The fourth-order valence-electron chi connectivity index (χ4n) is 1.31. The molecule has 4 heteroatoms. The van der Waals surface area contributed by atoms with Crippen LogP contribution in [0.3, 0.4) is 0 Å². The lowest BCUT2D eigenvalue weighted by Gasteiger charge is -2.03. The Bertz CT molecular complexity index is 215. The Hall–Kier alpha value is -1.24. The van der Waals surface area contributed by atoms with E-state index in [9.17, 15) is 0 Å². The maximum atomic E-state index is 8.24. The van der Waals surface area contributed by atoms with Crippen LogP contribution in [0.4, 0.5) is 0 Å². The summed E-state index contributed by atoms with van der Waals surface area (Å²) in [5.41, 5.74) is 5.38. The van der Waals surface area contributed by atoms with Crippen molar-refractivity contribution in [1.82, 2.24) is 5.32 Å². The minimum absolute atomic E-state index is 0.222. The Labute approximate surface area is 92.6 Å². The third-order valence-corrected chi connectivity index (χ3v) is 2.16. The van der Waals surface area contributed by atoms with Gasteiger partial charge in [0.1, 0.15) is 0 Å². The Morgan fingerprint density at radius 3 is 2.60 bits per heavy atom. The first-order valence-corrected chi connectivity index (χ1v) is 5.62. The zero-order valence-electron chi connectivity index (χ0n) is 9.79. The van der Waals surface area contributed by atoms with Crippen LogP contribution in [-0.2, 0) is 0 Å². The molecular weight excluding hydrogens is 188 g/mol. The zero-order chi connectivity index (χ0) is 11.5. The molecule has 0 saturated heterocycles. The van der Waals surface area contributed by atoms with Gasteiger partial charge in [-0.15, -0.1) is 0 Å². The highest BCUT2D eigenvalue weighted by atomic mass is 15.1. The Morgan fingerprint density at radius 1 is 1.33 bits per heavy atom. The maximum absolute atomic E-state index is 8.24. The average molecular weight is 210 g/mol. The van der Waals surface area contributed by atoms with E-state index in [4.69, 9.17) is 11.0 Å². The number of nitriles is 1. The number of nitrogens with two attached hydrogens (primary N) is 1. The van der Waals surface area contributed by atoms with E-state index < -0.39 is 0 Å². The lowest BCUT2D eigenvalue weighted by molar-refractivity contribution is 0.521. The van der Waals surface area contributed by atoms with Crippen LogP contribution in [0.2, 0.25) is 0 Å². The first-order chi connectivity index (χ1) is 7.16. The quantitative estimate of drug-likeness (QED) is 0.222. The molecule has 0 atom stereocenters. The van der Waals surface area contributed by atoms with E-state index in [1.165, 1.54) is 25.7 Å². The summed E-state index contributed by atoms with van der Waals surface area (Å²) in [4.78, 5) is 4.01. The monoisotopic (exact) mass is 210 g/mol. The largest absolute Gasteiger partial charge is 0.369 e. The summed E-state index contributed by atoms with van der Waals surface area (Å²) in [7, 11) is 0. The van der Waals surface area contributed by atoms with Gasteiger partial charge in [-0.25, -0.2) is 0 Å². The highest BCUT2D eigenvalue weighted by molar-refractivity contribution is 5.79. The van der Waals surface area contributed by atoms with Crippen LogP contribution in [0.5, 0.6) is 0 Å². The Kier molecular flexibility index (Phi) is 8.55. The topological polar surface area (TPSA) is 74.2 Å². The number of nitrogens with zero attached hydrogens (tertiary/aromatic N) is 2. The molecule has 0 aromatic heterocycles. The summed E-state index contributed by atoms with van der Waals surface area (Å²) in [5, 5.41) is 10.5. The molecule has 86 valence electrons. The van der Waals surface area contributed by atoms with Gasteiger partial charge in [-0.1, -0.05) is 39.5 Å². The summed E-state index contributed by atoms with van der Waals surface area (Å²) in [5.74, 6) is 1.03. The fraction of sp³-hybridized carbons (Fsp3) is 0.818. The predicted octanol–water partition coefficient (Wildman–Crippen LogP) is 1.98. The van der Waals surface area contributed by atoms with Gasteiger partial charge in [-0.05, 0) is 12.3 Å². The van der Waals surface area contributed by atoms with E-state index in [1.54, 1.807) is 6.19 Å². The molecule has 0 radical (unpaired) electrons. The van der Waals surface area contributed by atoms with Gasteiger partial charge in [0.2, 0.25) is 5.96 Å². The van der Waals surface area contributed by atoms with Gasteiger partial charge in [-0.2, -0.15) is 5.26 Å². The first-order valence-electron chi connectivity index (χ1n) is 5.62. The highest BCUT2D eigenvalue weighted by Gasteiger charge is 1.94. The average Bonchev–Trinajstić information content (AvgIpc) is 2.16. The lowest BCUT2D eigenvalue weighted by Crippen LogP contribution is -2.27. The van der Waals surface area contributed by atoms with Crippen molar-refractivity contribution >= 4 is 5.96 Å². The molecule has 0 aliphatic carbocycles. The molecule has 0 aliphatic heterocycles. The molecule has 4 nitrogen and oxygen atoms in total. The molecule has 0 aromatic carbocycles. The Morgan fingerprint density at radius 2 is 2.00 bits per heavy atom. The first kappa shape index (κ1) is 13.8. The zero-order valence-corrected chi connectivity index (χ0v) is 9.79. The number of nitrogens with one attached hydrogen (secondary N) is 1. The van der Waals surface area contributed by atoms with E-state index in [-0.39, 0.29) is 5.96 Å². The smallest absolute Gasteiger partial charge is 0.202 e. The molecule has 15 heavy (non-hydrogen) atoms. The molecule has 0 aromatic rings. The van der Waals surface area contributed by atoms with Crippen molar-refractivity contribution in [3.8, 4) is 6.19 Å². The van der Waals surface area contributed by atoms with E-state index >= 15 is 0 Å². The van der Waals surface area contributed by atoms with Crippen molar-refractivity contribution in [3.05, 3.63) is 0 Å². The SMILES string of the molecule is CC(C)CCCCCCN=C(N)NC#N. The molecule has 3 N–H and O–H groups in total. The third-order valence-electron chi connectivity index (χ3n) is 2.16. The summed E-state index contributed by atoms with van der Waals surface area (Å²) in [6.45, 7) is 5.21. The summed E-state index contributed by atoms with van der Waals surface area (Å²) in [6.07, 6.45) is 7.84. The van der Waals surface area contributed by atoms with Gasteiger partial charge >= 0.3 is 0 Å². The fourth-order valence-corrected chi connectivity index (χ4v) is 1.31. The predicted molar refractivity (Wildman–Crippen MR) is 63.2 cm³/mol. The van der Waals surface area contributed by atoms with Crippen LogP contribution < -0.4 is 11.1 Å². The standard InChI is InChI=1S/C11H22N4/c1-10(2)7-5-3-4-6-8-14-11(13)15-9-12/h10H,3-8H2,1-2H3,(H3,13,14,15). The molecule has 0 aliphatic rings. The normalized spacial score (nSPS) is 11.5. The number of hydrogen-bond acceptors (Lipinski definition) is 2. The van der Waals surface area contributed by atoms with Crippen molar-refractivity contribution in [3.63, 3.8) is 0 Å². The van der Waals surface area contributed by atoms with Crippen molar-refractivity contribution < 1.29 is 0 Å². The van der Waals surface area contributed by atoms with E-state index in [0.717, 1.165) is 12.3 Å². The number of hydrogen-bond donors (Lipinski definition) is 2. The van der Waals surface area contributed by atoms with Gasteiger partial charge in [0.25, 0.3) is 0 Å². The molecular formula is C11H22N4. The van der Waals surface area contributed by atoms with Crippen LogP contribution in [0, 0.1) is 17.4 Å². The molecule has 0 bridgehead atoms. The number of aliphatic imine (C=N–C) groups is 1. The van der Waals surface area contributed by atoms with Crippen LogP contribution in [-0.4, -0.2) is 12.5 Å². The van der Waals surface area contributed by atoms with Gasteiger partial charge < -0.3 is 5.73 Å². The van der Waals surface area contributed by atoms with E-state index in [0.29, 0.717) is 6.54 Å². The maximum Gasteiger partial charge on any atom is 0.202 e. The summed E-state index contributed by atoms with van der Waals surface area (Å²) in [6, 6.07) is 0. The van der Waals surface area contributed by atoms with E-state index in [2.05, 4.69) is 24.2 Å². The molecule has 0 amide bonds. The Balaban J connectivity index is 3.25. The van der Waals surface area contributed by atoms with E-state index in [1.807, 2.05) is 0 Å². The summed E-state index contributed by atoms with van der Waals surface area (Å²) >= 11 is 0. The van der Waals surface area contributed by atoms with Gasteiger partial charge in [-0.3, -0.25) is 10.3 Å². The summed E-state index contributed by atoms with van der Waals surface area (Å²) < 4.78 is 0. The van der Waals surface area contributed by atoms with Gasteiger partial charge in [0, 0.05) is 6.54 Å². The number of unbranched alkanes of at least 4 members (excludes halogenated alkanes) is 3. The minimum Gasteiger partial charge on any atom is -0.369 e. The molecule has 0 unspecified atom stereocenters. The van der Waals surface area contributed by atoms with Crippen LogP contribution in [0.25, 0.3) is 0 Å². The van der Waals surface area contributed by atoms with Crippen molar-refractivity contribution in [2.45, 2.75) is 46.0 Å². The highest BCUT2D eigenvalue weighted by Crippen LogP contribution is 2.09. The second-order valence-electron chi connectivity index (χ2n) is 4.10.